The monoisotopic (exact) mass is 664 g/mol. The summed E-state index contributed by atoms with van der Waals surface area (Å²) < 4.78 is 28.0. The van der Waals surface area contributed by atoms with Gasteiger partial charge in [0.25, 0.3) is 0 Å². The first-order valence-electron chi connectivity index (χ1n) is 18.2. The molecule has 0 heterocycles. The van der Waals surface area contributed by atoms with E-state index in [0.717, 1.165) is 70.1 Å². The summed E-state index contributed by atoms with van der Waals surface area (Å²) in [4.78, 5) is 36.4. The first-order valence-corrected chi connectivity index (χ1v) is 18.2. The summed E-state index contributed by atoms with van der Waals surface area (Å²) in [6.07, 6.45) is 19.7. The van der Waals surface area contributed by atoms with E-state index in [4.69, 9.17) is 23.7 Å². The zero-order valence-corrected chi connectivity index (χ0v) is 29.0. The Morgan fingerprint density at radius 2 is 1.17 bits per heavy atom. The molecule has 2 aromatic rings. The van der Waals surface area contributed by atoms with Gasteiger partial charge in [0.05, 0.1) is 30.8 Å². The standard InChI is InChI=1S/C40H56O8/c1-3-5-6-14-29-44-34-21-17-32(18-22-34)39(42)47-36-25-27-37(28-26-36)48-40(43)33-19-23-35(24-20-33)45-30-15-12-10-8-7-9-11-13-16-31-46-38(41)4-2/h4,19-20,23-28,32,34H,2-3,5-18,21-22,29-31H2,1H3. The molecule has 1 aliphatic carbocycles. The molecule has 0 atom stereocenters. The molecule has 48 heavy (non-hydrogen) atoms. The molecule has 0 saturated heterocycles. The topological polar surface area (TPSA) is 97.4 Å². The lowest BCUT2D eigenvalue weighted by atomic mass is 9.87. The van der Waals surface area contributed by atoms with Crippen molar-refractivity contribution in [3.63, 3.8) is 0 Å². The fraction of sp³-hybridized carbons (Fsp3) is 0.575. The Morgan fingerprint density at radius 1 is 0.646 bits per heavy atom. The fourth-order valence-corrected chi connectivity index (χ4v) is 5.74. The van der Waals surface area contributed by atoms with Gasteiger partial charge in [-0.25, -0.2) is 9.59 Å². The van der Waals surface area contributed by atoms with E-state index in [1.807, 2.05) is 0 Å². The van der Waals surface area contributed by atoms with E-state index in [9.17, 15) is 14.4 Å². The summed E-state index contributed by atoms with van der Waals surface area (Å²) in [6, 6.07) is 13.5. The van der Waals surface area contributed by atoms with Gasteiger partial charge in [-0.15, -0.1) is 0 Å². The Morgan fingerprint density at radius 3 is 1.77 bits per heavy atom. The van der Waals surface area contributed by atoms with E-state index >= 15 is 0 Å². The lowest BCUT2D eigenvalue weighted by molar-refractivity contribution is -0.141. The largest absolute Gasteiger partial charge is 0.494 e. The molecule has 0 amide bonds. The number of unbranched alkanes of at least 4 members (excludes halogenated alkanes) is 11. The second-order valence-corrected chi connectivity index (χ2v) is 12.6. The van der Waals surface area contributed by atoms with Crippen molar-refractivity contribution in [2.75, 3.05) is 19.8 Å². The Balaban J connectivity index is 1.23. The van der Waals surface area contributed by atoms with Crippen molar-refractivity contribution >= 4 is 17.9 Å². The Bertz CT molecular complexity index is 1200. The smallest absolute Gasteiger partial charge is 0.343 e. The summed E-state index contributed by atoms with van der Waals surface area (Å²) in [5.41, 5.74) is 0.427. The first-order chi connectivity index (χ1) is 23.5. The van der Waals surface area contributed by atoms with Crippen molar-refractivity contribution in [3.05, 3.63) is 66.7 Å². The normalized spacial score (nSPS) is 15.8. The van der Waals surface area contributed by atoms with Gasteiger partial charge in [-0.1, -0.05) is 77.7 Å². The number of rotatable bonds is 24. The van der Waals surface area contributed by atoms with Crippen LogP contribution in [0.25, 0.3) is 0 Å². The highest BCUT2D eigenvalue weighted by atomic mass is 16.5. The average molecular weight is 665 g/mol. The van der Waals surface area contributed by atoms with Gasteiger partial charge in [0.1, 0.15) is 17.2 Å². The number of benzene rings is 2. The van der Waals surface area contributed by atoms with Gasteiger partial charge in [0.2, 0.25) is 0 Å². The van der Waals surface area contributed by atoms with Crippen LogP contribution in [0.3, 0.4) is 0 Å². The Hall–Kier alpha value is -3.65. The minimum Gasteiger partial charge on any atom is -0.494 e. The zero-order valence-electron chi connectivity index (χ0n) is 29.0. The average Bonchev–Trinajstić information content (AvgIpc) is 3.11. The van der Waals surface area contributed by atoms with Gasteiger partial charge in [-0.2, -0.15) is 0 Å². The lowest BCUT2D eigenvalue weighted by Crippen LogP contribution is -2.29. The molecule has 1 fully saturated rings. The summed E-state index contributed by atoms with van der Waals surface area (Å²) in [5.74, 6) is 0.395. The van der Waals surface area contributed by atoms with Crippen molar-refractivity contribution in [3.8, 4) is 17.2 Å². The maximum atomic E-state index is 12.7. The predicted octanol–water partition coefficient (Wildman–Crippen LogP) is 9.59. The molecule has 0 radical (unpaired) electrons. The van der Waals surface area contributed by atoms with Crippen LogP contribution in [0.1, 0.15) is 126 Å². The van der Waals surface area contributed by atoms with Crippen LogP contribution in [-0.4, -0.2) is 43.8 Å². The quantitative estimate of drug-likeness (QED) is 0.0474. The number of esters is 3. The fourth-order valence-electron chi connectivity index (χ4n) is 5.74. The predicted molar refractivity (Wildman–Crippen MR) is 188 cm³/mol. The van der Waals surface area contributed by atoms with E-state index < -0.39 is 5.97 Å². The molecule has 0 spiro atoms. The van der Waals surface area contributed by atoms with Crippen molar-refractivity contribution < 1.29 is 38.1 Å². The lowest BCUT2D eigenvalue weighted by Gasteiger charge is -2.27. The van der Waals surface area contributed by atoms with Crippen LogP contribution >= 0.6 is 0 Å². The van der Waals surface area contributed by atoms with Gasteiger partial charge < -0.3 is 23.7 Å². The molecule has 3 rings (SSSR count). The van der Waals surface area contributed by atoms with Gasteiger partial charge in [0.15, 0.2) is 0 Å². The number of hydrogen-bond donors (Lipinski definition) is 0. The van der Waals surface area contributed by atoms with Crippen LogP contribution < -0.4 is 14.2 Å². The van der Waals surface area contributed by atoms with E-state index in [1.165, 1.54) is 57.4 Å². The summed E-state index contributed by atoms with van der Waals surface area (Å²) in [7, 11) is 0. The molecular formula is C40H56O8. The Kier molecular flexibility index (Phi) is 19.1. The zero-order chi connectivity index (χ0) is 34.2. The minimum atomic E-state index is -0.466. The van der Waals surface area contributed by atoms with E-state index in [-0.39, 0.29) is 24.0 Å². The molecule has 1 aliphatic rings. The molecule has 0 aliphatic heterocycles. The highest BCUT2D eigenvalue weighted by Gasteiger charge is 2.28. The highest BCUT2D eigenvalue weighted by molar-refractivity contribution is 5.91. The molecule has 0 aromatic heterocycles. The molecule has 8 heteroatoms. The van der Waals surface area contributed by atoms with Crippen molar-refractivity contribution in [2.45, 2.75) is 122 Å². The van der Waals surface area contributed by atoms with Crippen LogP contribution in [0.15, 0.2) is 61.2 Å². The van der Waals surface area contributed by atoms with E-state index in [1.54, 1.807) is 48.5 Å². The van der Waals surface area contributed by atoms with E-state index in [0.29, 0.717) is 30.3 Å². The number of carbonyl (C=O) groups is 3. The molecule has 0 bridgehead atoms. The van der Waals surface area contributed by atoms with Crippen LogP contribution in [0, 0.1) is 5.92 Å². The molecular weight excluding hydrogens is 608 g/mol. The van der Waals surface area contributed by atoms with Gasteiger partial charge in [0, 0.05) is 12.7 Å². The summed E-state index contributed by atoms with van der Waals surface area (Å²) >= 11 is 0. The third-order valence-electron chi connectivity index (χ3n) is 8.67. The first kappa shape index (κ1) is 38.8. The summed E-state index contributed by atoms with van der Waals surface area (Å²) in [6.45, 7) is 7.51. The van der Waals surface area contributed by atoms with Crippen molar-refractivity contribution in [1.82, 2.24) is 0 Å². The molecule has 2 aromatic carbocycles. The van der Waals surface area contributed by atoms with Crippen LogP contribution in [0.4, 0.5) is 0 Å². The SMILES string of the molecule is C=CC(=O)OCCCCCCCCCCCOc1ccc(C(=O)Oc2ccc(OC(=O)C3CCC(OCCCCCC)CC3)cc2)cc1. The second kappa shape index (κ2) is 23.6. The van der Waals surface area contributed by atoms with Gasteiger partial charge in [-0.05, 0) is 93.5 Å². The third-order valence-corrected chi connectivity index (χ3v) is 8.67. The van der Waals surface area contributed by atoms with E-state index in [2.05, 4.69) is 13.5 Å². The van der Waals surface area contributed by atoms with Crippen molar-refractivity contribution in [1.29, 1.82) is 0 Å². The molecule has 264 valence electrons. The second-order valence-electron chi connectivity index (χ2n) is 12.6. The van der Waals surface area contributed by atoms with Crippen LogP contribution in [-0.2, 0) is 19.1 Å². The van der Waals surface area contributed by atoms with Crippen molar-refractivity contribution in [2.24, 2.45) is 5.92 Å². The Labute approximate surface area is 287 Å². The minimum absolute atomic E-state index is 0.115. The number of carbonyl (C=O) groups excluding carboxylic acids is 3. The van der Waals surface area contributed by atoms with Crippen LogP contribution in [0.5, 0.6) is 17.2 Å². The van der Waals surface area contributed by atoms with Gasteiger partial charge in [-0.3, -0.25) is 4.79 Å². The molecule has 8 nitrogen and oxygen atoms in total. The van der Waals surface area contributed by atoms with Crippen LogP contribution in [0.2, 0.25) is 0 Å². The molecule has 1 saturated carbocycles. The maximum Gasteiger partial charge on any atom is 0.343 e. The number of ether oxygens (including phenoxy) is 5. The summed E-state index contributed by atoms with van der Waals surface area (Å²) in [5, 5.41) is 0. The third kappa shape index (κ3) is 16.0. The molecule has 0 unspecified atom stereocenters. The maximum absolute atomic E-state index is 12.7. The van der Waals surface area contributed by atoms with Gasteiger partial charge >= 0.3 is 17.9 Å². The number of hydrogen-bond acceptors (Lipinski definition) is 8. The molecule has 0 N–H and O–H groups in total. The highest BCUT2D eigenvalue weighted by Crippen LogP contribution is 2.29.